The van der Waals surface area contributed by atoms with E-state index in [0.29, 0.717) is 0 Å². The highest BCUT2D eigenvalue weighted by Gasteiger charge is 2.43. The van der Waals surface area contributed by atoms with Gasteiger partial charge in [-0.3, -0.25) is 0 Å². The van der Waals surface area contributed by atoms with E-state index >= 15 is 0 Å². The first kappa shape index (κ1) is 16.5. The molecule has 2 aromatic carbocycles. The Hall–Kier alpha value is -2.69. The maximum Gasteiger partial charge on any atom is 0.137 e. The molecule has 0 radical (unpaired) electrons. The van der Waals surface area contributed by atoms with Gasteiger partial charge >= 0.3 is 0 Å². The van der Waals surface area contributed by atoms with Gasteiger partial charge in [0.1, 0.15) is 29.3 Å². The van der Waals surface area contributed by atoms with E-state index < -0.39 is 0 Å². The Morgan fingerprint density at radius 3 is 2.81 bits per heavy atom. The molecule has 5 heteroatoms. The molecule has 0 saturated heterocycles. The maximum atomic E-state index is 14.0. The van der Waals surface area contributed by atoms with Crippen molar-refractivity contribution in [1.82, 2.24) is 9.97 Å². The number of nitrogens with one attached hydrogen (secondary N) is 1. The number of aromatic nitrogens is 2. The first-order valence-corrected chi connectivity index (χ1v) is 9.58. The second-order valence-corrected chi connectivity index (χ2v) is 7.82. The predicted molar refractivity (Wildman–Crippen MR) is 103 cm³/mol. The van der Waals surface area contributed by atoms with Crippen molar-refractivity contribution in [2.24, 2.45) is 0 Å². The van der Waals surface area contributed by atoms with Gasteiger partial charge in [-0.25, -0.2) is 14.4 Å². The third kappa shape index (κ3) is 2.91. The molecule has 1 aliphatic heterocycles. The first-order chi connectivity index (χ1) is 13.1. The highest BCUT2D eigenvalue weighted by Crippen LogP contribution is 2.48. The summed E-state index contributed by atoms with van der Waals surface area (Å²) in [6, 6.07) is 11.0. The zero-order chi connectivity index (χ0) is 18.4. The van der Waals surface area contributed by atoms with Crippen LogP contribution < -0.4 is 10.1 Å². The number of anilines is 1. The van der Waals surface area contributed by atoms with Crippen LogP contribution in [-0.2, 0) is 0 Å². The minimum absolute atomic E-state index is 0.0399. The van der Waals surface area contributed by atoms with Gasteiger partial charge < -0.3 is 10.1 Å². The molecule has 5 rings (SSSR count). The van der Waals surface area contributed by atoms with Crippen LogP contribution in [-0.4, -0.2) is 15.6 Å². The predicted octanol–water partition coefficient (Wildman–Crippen LogP) is 5.33. The number of hydrogen-bond donors (Lipinski definition) is 1. The fourth-order valence-corrected chi connectivity index (χ4v) is 4.54. The number of fused-ring (bicyclic) bond motifs is 2. The zero-order valence-corrected chi connectivity index (χ0v) is 15.3. The number of hydrogen-bond acceptors (Lipinski definition) is 4. The van der Waals surface area contributed by atoms with Crippen LogP contribution in [0.4, 0.5) is 10.2 Å². The zero-order valence-electron chi connectivity index (χ0n) is 15.3. The number of ether oxygens (including phenoxy) is 1. The Kier molecular flexibility index (Phi) is 3.78. The SMILES string of the molecule is Cc1ccc2c(N[C@@H]3CC4(CCCC4)Oc4ccc(F)cc43)ncnc2c1. The molecular formula is C22H22FN3O. The van der Waals surface area contributed by atoms with Gasteiger partial charge in [0.05, 0.1) is 11.6 Å². The van der Waals surface area contributed by atoms with E-state index in [1.54, 1.807) is 18.5 Å². The normalized spacial score (nSPS) is 20.4. The summed E-state index contributed by atoms with van der Waals surface area (Å²) < 4.78 is 20.3. The standard InChI is InChI=1S/C22H22FN3O/c1-14-4-6-16-18(10-14)24-13-25-21(16)26-19-12-22(8-2-3-9-22)27-20-7-5-15(23)11-17(19)20/h4-7,10-11,13,19H,2-3,8-9,12H2,1H3,(H,24,25,26)/t19-/m1/s1. The number of rotatable bonds is 2. The van der Waals surface area contributed by atoms with E-state index in [1.807, 2.05) is 6.07 Å². The summed E-state index contributed by atoms with van der Waals surface area (Å²) in [4.78, 5) is 8.87. The van der Waals surface area contributed by atoms with Crippen LogP contribution >= 0.6 is 0 Å². The fourth-order valence-electron chi connectivity index (χ4n) is 4.54. The summed E-state index contributed by atoms with van der Waals surface area (Å²) >= 11 is 0. The monoisotopic (exact) mass is 363 g/mol. The van der Waals surface area contributed by atoms with Crippen molar-refractivity contribution in [3.8, 4) is 5.75 Å². The van der Waals surface area contributed by atoms with Crippen molar-refractivity contribution in [2.45, 2.75) is 50.7 Å². The number of halogens is 1. The van der Waals surface area contributed by atoms with Crippen molar-refractivity contribution in [3.63, 3.8) is 0 Å². The molecule has 27 heavy (non-hydrogen) atoms. The molecule has 1 fully saturated rings. The van der Waals surface area contributed by atoms with Crippen molar-refractivity contribution in [1.29, 1.82) is 0 Å². The lowest BCUT2D eigenvalue weighted by atomic mass is 9.85. The van der Waals surface area contributed by atoms with Gasteiger partial charge in [0, 0.05) is 17.4 Å². The largest absolute Gasteiger partial charge is 0.487 e. The van der Waals surface area contributed by atoms with Crippen LogP contribution in [0.25, 0.3) is 10.9 Å². The van der Waals surface area contributed by atoms with Gasteiger partial charge in [-0.05, 0) is 68.5 Å². The van der Waals surface area contributed by atoms with Crippen LogP contribution in [0.15, 0.2) is 42.7 Å². The van der Waals surface area contributed by atoms with Gasteiger partial charge in [-0.1, -0.05) is 6.07 Å². The number of nitrogens with zero attached hydrogens (tertiary/aromatic N) is 2. The number of benzene rings is 2. The molecule has 138 valence electrons. The van der Waals surface area contributed by atoms with Gasteiger partial charge in [0.15, 0.2) is 0 Å². The Morgan fingerprint density at radius 2 is 1.96 bits per heavy atom. The third-order valence-electron chi connectivity index (χ3n) is 5.87. The molecule has 1 saturated carbocycles. The van der Waals surface area contributed by atoms with Gasteiger partial charge in [0.25, 0.3) is 0 Å². The maximum absolute atomic E-state index is 14.0. The summed E-state index contributed by atoms with van der Waals surface area (Å²) in [5.41, 5.74) is 2.79. The molecule has 0 amide bonds. The molecule has 0 unspecified atom stereocenters. The lowest BCUT2D eigenvalue weighted by Gasteiger charge is -2.40. The lowest BCUT2D eigenvalue weighted by Crippen LogP contribution is -2.40. The minimum Gasteiger partial charge on any atom is -0.487 e. The van der Waals surface area contributed by atoms with Crippen LogP contribution in [0.2, 0.25) is 0 Å². The van der Waals surface area contributed by atoms with Crippen molar-refractivity contribution >= 4 is 16.7 Å². The smallest absolute Gasteiger partial charge is 0.137 e. The topological polar surface area (TPSA) is 47.0 Å². The summed E-state index contributed by atoms with van der Waals surface area (Å²) in [6.45, 7) is 2.05. The highest BCUT2D eigenvalue weighted by atomic mass is 19.1. The van der Waals surface area contributed by atoms with Crippen LogP contribution in [0.5, 0.6) is 5.75 Å². The molecule has 2 heterocycles. The fraction of sp³-hybridized carbons (Fsp3) is 0.364. The second kappa shape index (κ2) is 6.19. The Balaban J connectivity index is 1.57. The summed E-state index contributed by atoms with van der Waals surface area (Å²) in [5, 5.41) is 4.56. The Morgan fingerprint density at radius 1 is 1.11 bits per heavy atom. The summed E-state index contributed by atoms with van der Waals surface area (Å²) in [5.74, 6) is 1.33. The van der Waals surface area contributed by atoms with E-state index in [1.165, 1.54) is 18.9 Å². The molecule has 1 atom stereocenters. The number of aryl methyl sites for hydroxylation is 1. The average Bonchev–Trinajstić information content (AvgIpc) is 3.10. The van der Waals surface area contributed by atoms with E-state index in [9.17, 15) is 4.39 Å². The molecule has 4 nitrogen and oxygen atoms in total. The summed E-state index contributed by atoms with van der Waals surface area (Å²) in [7, 11) is 0. The highest BCUT2D eigenvalue weighted by molar-refractivity contribution is 5.89. The molecule has 1 spiro atoms. The quantitative estimate of drug-likeness (QED) is 0.669. The first-order valence-electron chi connectivity index (χ1n) is 9.58. The van der Waals surface area contributed by atoms with E-state index in [2.05, 4.69) is 34.3 Å². The van der Waals surface area contributed by atoms with Crippen molar-refractivity contribution in [2.75, 3.05) is 5.32 Å². The molecule has 0 bridgehead atoms. The van der Waals surface area contributed by atoms with Crippen molar-refractivity contribution < 1.29 is 9.13 Å². The molecule has 2 aliphatic rings. The second-order valence-electron chi connectivity index (χ2n) is 7.82. The average molecular weight is 363 g/mol. The van der Waals surface area contributed by atoms with Gasteiger partial charge in [-0.2, -0.15) is 0 Å². The Bertz CT molecular complexity index is 1010. The van der Waals surface area contributed by atoms with E-state index in [-0.39, 0.29) is 17.5 Å². The lowest BCUT2D eigenvalue weighted by molar-refractivity contribution is 0.0451. The van der Waals surface area contributed by atoms with Crippen LogP contribution in [0, 0.1) is 12.7 Å². The third-order valence-corrected chi connectivity index (χ3v) is 5.87. The van der Waals surface area contributed by atoms with Gasteiger partial charge in [-0.15, -0.1) is 0 Å². The van der Waals surface area contributed by atoms with Crippen LogP contribution in [0.1, 0.15) is 49.3 Å². The van der Waals surface area contributed by atoms with Gasteiger partial charge in [0.2, 0.25) is 0 Å². The van der Waals surface area contributed by atoms with E-state index in [4.69, 9.17) is 4.74 Å². The molecule has 1 aliphatic carbocycles. The Labute approximate surface area is 157 Å². The molecule has 3 aromatic rings. The minimum atomic E-state index is -0.241. The molecule has 1 aromatic heterocycles. The van der Waals surface area contributed by atoms with Crippen LogP contribution in [0.3, 0.4) is 0 Å². The molecular weight excluding hydrogens is 341 g/mol. The van der Waals surface area contributed by atoms with Crippen molar-refractivity contribution in [3.05, 3.63) is 59.7 Å². The van der Waals surface area contributed by atoms with E-state index in [0.717, 1.165) is 52.9 Å². The summed E-state index contributed by atoms with van der Waals surface area (Å²) in [6.07, 6.45) is 6.86. The molecule has 1 N–H and O–H groups in total.